The van der Waals surface area contributed by atoms with Crippen molar-refractivity contribution in [2.75, 3.05) is 6.61 Å². The van der Waals surface area contributed by atoms with Crippen molar-refractivity contribution in [3.63, 3.8) is 0 Å². The van der Waals surface area contributed by atoms with Gasteiger partial charge in [0.25, 0.3) is 0 Å². The molecule has 3 nitrogen and oxygen atoms in total. The molecule has 1 aliphatic rings. The van der Waals surface area contributed by atoms with E-state index in [0.717, 1.165) is 6.42 Å². The number of aliphatic hydroxyl groups is 1. The van der Waals surface area contributed by atoms with Crippen LogP contribution in [0.4, 0.5) is 0 Å². The summed E-state index contributed by atoms with van der Waals surface area (Å²) in [6.07, 6.45) is 0.766. The fraction of sp³-hybridized carbons (Fsp3) is 0.900. The number of esters is 1. The summed E-state index contributed by atoms with van der Waals surface area (Å²) in [4.78, 5) is 11.3. The van der Waals surface area contributed by atoms with Crippen molar-refractivity contribution in [3.05, 3.63) is 0 Å². The van der Waals surface area contributed by atoms with E-state index in [1.807, 2.05) is 13.8 Å². The molecule has 0 spiro atoms. The average Bonchev–Trinajstić information content (AvgIpc) is 2.10. The van der Waals surface area contributed by atoms with E-state index in [1.54, 1.807) is 0 Å². The standard InChI is InChI=1S/C10H18O3/c1-6-4-7(2)10(12)13-9(6)8(3)5-11/h6-9,11H,4-5H2,1-3H3/t6-,7-,8-,9-/m0/s1. The van der Waals surface area contributed by atoms with Crippen LogP contribution in [0.3, 0.4) is 0 Å². The Morgan fingerprint density at radius 1 is 1.62 bits per heavy atom. The van der Waals surface area contributed by atoms with Gasteiger partial charge in [0.15, 0.2) is 0 Å². The van der Waals surface area contributed by atoms with Gasteiger partial charge in [0.05, 0.1) is 5.92 Å². The Hall–Kier alpha value is -0.570. The van der Waals surface area contributed by atoms with Gasteiger partial charge in [-0.3, -0.25) is 4.79 Å². The van der Waals surface area contributed by atoms with Crippen LogP contribution in [-0.4, -0.2) is 23.8 Å². The van der Waals surface area contributed by atoms with Crippen LogP contribution in [-0.2, 0) is 9.53 Å². The predicted molar refractivity (Wildman–Crippen MR) is 49.1 cm³/mol. The van der Waals surface area contributed by atoms with Crippen LogP contribution in [0, 0.1) is 17.8 Å². The van der Waals surface area contributed by atoms with Gasteiger partial charge in [-0.1, -0.05) is 20.8 Å². The summed E-state index contributed by atoms with van der Waals surface area (Å²) in [5.41, 5.74) is 0. The Morgan fingerprint density at radius 2 is 2.23 bits per heavy atom. The lowest BCUT2D eigenvalue weighted by molar-refractivity contribution is -0.169. The van der Waals surface area contributed by atoms with Crippen molar-refractivity contribution in [1.29, 1.82) is 0 Å². The van der Waals surface area contributed by atoms with E-state index in [2.05, 4.69) is 6.92 Å². The third-order valence-electron chi connectivity index (χ3n) is 2.79. The first-order valence-electron chi connectivity index (χ1n) is 4.87. The Labute approximate surface area is 79.1 Å². The molecule has 1 rings (SSSR count). The van der Waals surface area contributed by atoms with Gasteiger partial charge < -0.3 is 9.84 Å². The van der Waals surface area contributed by atoms with E-state index in [4.69, 9.17) is 9.84 Å². The molecule has 0 aliphatic carbocycles. The number of aliphatic hydroxyl groups excluding tert-OH is 1. The van der Waals surface area contributed by atoms with Crippen LogP contribution < -0.4 is 0 Å². The third-order valence-corrected chi connectivity index (χ3v) is 2.79. The molecule has 1 aliphatic heterocycles. The first-order chi connectivity index (χ1) is 6.06. The van der Waals surface area contributed by atoms with E-state index in [-0.39, 0.29) is 30.5 Å². The molecule has 76 valence electrons. The molecule has 4 atom stereocenters. The van der Waals surface area contributed by atoms with E-state index in [9.17, 15) is 4.79 Å². The first kappa shape index (κ1) is 10.5. The fourth-order valence-corrected chi connectivity index (χ4v) is 1.94. The summed E-state index contributed by atoms with van der Waals surface area (Å²) in [7, 11) is 0. The number of carbonyl (C=O) groups is 1. The maximum absolute atomic E-state index is 11.3. The number of cyclic esters (lactones) is 1. The van der Waals surface area contributed by atoms with E-state index < -0.39 is 0 Å². The molecule has 0 aromatic carbocycles. The van der Waals surface area contributed by atoms with Crippen LogP contribution >= 0.6 is 0 Å². The van der Waals surface area contributed by atoms with Crippen LogP contribution in [0.5, 0.6) is 0 Å². The highest BCUT2D eigenvalue weighted by Gasteiger charge is 2.35. The second-order valence-electron chi connectivity index (χ2n) is 4.18. The second-order valence-corrected chi connectivity index (χ2v) is 4.18. The summed E-state index contributed by atoms with van der Waals surface area (Å²) in [6.45, 7) is 5.94. The summed E-state index contributed by atoms with van der Waals surface area (Å²) >= 11 is 0. The lowest BCUT2D eigenvalue weighted by Gasteiger charge is -2.34. The number of hydrogen-bond acceptors (Lipinski definition) is 3. The highest BCUT2D eigenvalue weighted by molar-refractivity contribution is 5.73. The van der Waals surface area contributed by atoms with Crippen molar-refractivity contribution in [2.24, 2.45) is 17.8 Å². The van der Waals surface area contributed by atoms with E-state index >= 15 is 0 Å². The molecule has 0 aromatic rings. The van der Waals surface area contributed by atoms with Gasteiger partial charge in [-0.2, -0.15) is 0 Å². The molecule has 1 saturated heterocycles. The van der Waals surface area contributed by atoms with Crippen molar-refractivity contribution >= 4 is 5.97 Å². The van der Waals surface area contributed by atoms with Gasteiger partial charge in [0, 0.05) is 12.5 Å². The highest BCUT2D eigenvalue weighted by atomic mass is 16.5. The van der Waals surface area contributed by atoms with Crippen LogP contribution in [0.25, 0.3) is 0 Å². The van der Waals surface area contributed by atoms with Gasteiger partial charge >= 0.3 is 5.97 Å². The van der Waals surface area contributed by atoms with Gasteiger partial charge in [-0.05, 0) is 12.3 Å². The minimum Gasteiger partial charge on any atom is -0.462 e. The maximum Gasteiger partial charge on any atom is 0.308 e. The minimum atomic E-state index is -0.122. The van der Waals surface area contributed by atoms with E-state index in [0.29, 0.717) is 5.92 Å². The maximum atomic E-state index is 11.3. The molecule has 0 saturated carbocycles. The van der Waals surface area contributed by atoms with Gasteiger partial charge in [-0.15, -0.1) is 0 Å². The van der Waals surface area contributed by atoms with Gasteiger partial charge in [0.2, 0.25) is 0 Å². The summed E-state index contributed by atoms with van der Waals surface area (Å²) in [5.74, 6) is 0.293. The van der Waals surface area contributed by atoms with Crippen molar-refractivity contribution < 1.29 is 14.6 Å². The Balaban J connectivity index is 2.61. The van der Waals surface area contributed by atoms with Crippen molar-refractivity contribution in [3.8, 4) is 0 Å². The summed E-state index contributed by atoms with van der Waals surface area (Å²) in [6, 6.07) is 0. The second kappa shape index (κ2) is 4.09. The molecule has 0 aromatic heterocycles. The molecule has 0 amide bonds. The Bertz CT molecular complexity index is 191. The molecule has 1 fully saturated rings. The molecule has 3 heteroatoms. The minimum absolute atomic E-state index is 0.0112. The molecule has 1 N–H and O–H groups in total. The Morgan fingerprint density at radius 3 is 2.77 bits per heavy atom. The molecular formula is C10H18O3. The molecule has 0 radical (unpaired) electrons. The summed E-state index contributed by atoms with van der Waals surface area (Å²) in [5, 5.41) is 8.97. The molecule has 13 heavy (non-hydrogen) atoms. The molecule has 0 unspecified atom stereocenters. The molecule has 1 heterocycles. The quantitative estimate of drug-likeness (QED) is 0.659. The van der Waals surface area contributed by atoms with Gasteiger partial charge in [-0.25, -0.2) is 0 Å². The topological polar surface area (TPSA) is 46.5 Å². The lowest BCUT2D eigenvalue weighted by Crippen LogP contribution is -2.40. The zero-order valence-corrected chi connectivity index (χ0v) is 8.49. The monoisotopic (exact) mass is 186 g/mol. The SMILES string of the molecule is C[C@H]1C[C@H](C)[C@@H]([C@@H](C)CO)OC1=O. The normalized spacial score (nSPS) is 36.9. The van der Waals surface area contributed by atoms with Crippen LogP contribution in [0.15, 0.2) is 0 Å². The first-order valence-corrected chi connectivity index (χ1v) is 4.87. The largest absolute Gasteiger partial charge is 0.462 e. The third kappa shape index (κ3) is 2.21. The predicted octanol–water partition coefficient (Wildman–Crippen LogP) is 1.20. The van der Waals surface area contributed by atoms with E-state index in [1.165, 1.54) is 0 Å². The van der Waals surface area contributed by atoms with Crippen molar-refractivity contribution in [1.82, 2.24) is 0 Å². The van der Waals surface area contributed by atoms with Gasteiger partial charge in [0.1, 0.15) is 6.10 Å². The lowest BCUT2D eigenvalue weighted by atomic mass is 9.84. The average molecular weight is 186 g/mol. The number of ether oxygens (including phenoxy) is 1. The van der Waals surface area contributed by atoms with Crippen LogP contribution in [0.2, 0.25) is 0 Å². The number of rotatable bonds is 2. The fourth-order valence-electron chi connectivity index (χ4n) is 1.94. The summed E-state index contributed by atoms with van der Waals surface area (Å²) < 4.78 is 5.26. The van der Waals surface area contributed by atoms with Crippen LogP contribution in [0.1, 0.15) is 27.2 Å². The zero-order valence-electron chi connectivity index (χ0n) is 8.49. The highest BCUT2D eigenvalue weighted by Crippen LogP contribution is 2.29. The number of hydrogen-bond donors (Lipinski definition) is 1. The molecular weight excluding hydrogens is 168 g/mol. The molecule has 0 bridgehead atoms. The zero-order chi connectivity index (χ0) is 10.0. The van der Waals surface area contributed by atoms with Crippen molar-refractivity contribution in [2.45, 2.75) is 33.3 Å². The number of carbonyl (C=O) groups excluding carboxylic acids is 1. The smallest absolute Gasteiger partial charge is 0.308 e. The Kier molecular flexibility index (Phi) is 3.31.